The standard InChI is InChI=1S/C23H20O6/c1-29-20-13-19(26)16(12-15-8-5-9-18(25)22(15)27)23(28)21(20)17(24)11-10-14-6-3-2-4-7-14/h2-11,13,25-28H,12H2,1H3. The van der Waals surface area contributed by atoms with Crippen LogP contribution in [0.4, 0.5) is 0 Å². The molecule has 29 heavy (non-hydrogen) atoms. The monoisotopic (exact) mass is 392 g/mol. The van der Waals surface area contributed by atoms with Crippen LogP contribution < -0.4 is 4.74 Å². The van der Waals surface area contributed by atoms with E-state index < -0.39 is 11.5 Å². The molecule has 0 saturated carbocycles. The second-order valence-corrected chi connectivity index (χ2v) is 6.37. The van der Waals surface area contributed by atoms with Crippen molar-refractivity contribution in [2.24, 2.45) is 0 Å². The maximum atomic E-state index is 12.8. The summed E-state index contributed by atoms with van der Waals surface area (Å²) in [4.78, 5) is 12.8. The molecule has 0 heterocycles. The lowest BCUT2D eigenvalue weighted by atomic mass is 9.96. The topological polar surface area (TPSA) is 107 Å². The molecule has 0 saturated heterocycles. The van der Waals surface area contributed by atoms with Crippen molar-refractivity contribution in [1.82, 2.24) is 0 Å². The number of carbonyl (C=O) groups is 1. The summed E-state index contributed by atoms with van der Waals surface area (Å²) in [6, 6.07) is 14.8. The number of phenolic OH excluding ortho intramolecular Hbond substituents is 4. The molecule has 148 valence electrons. The molecule has 3 rings (SSSR count). The number of hydrogen-bond donors (Lipinski definition) is 4. The molecule has 0 radical (unpaired) electrons. The van der Waals surface area contributed by atoms with Crippen molar-refractivity contribution in [2.45, 2.75) is 6.42 Å². The van der Waals surface area contributed by atoms with E-state index in [2.05, 4.69) is 0 Å². The fourth-order valence-corrected chi connectivity index (χ4v) is 2.98. The van der Waals surface area contributed by atoms with Gasteiger partial charge in [-0.25, -0.2) is 0 Å². The highest BCUT2D eigenvalue weighted by atomic mass is 16.5. The minimum atomic E-state index is -0.510. The number of ketones is 1. The van der Waals surface area contributed by atoms with Crippen molar-refractivity contribution in [3.05, 3.63) is 82.9 Å². The smallest absolute Gasteiger partial charge is 0.193 e. The normalized spacial score (nSPS) is 10.9. The lowest BCUT2D eigenvalue weighted by molar-refractivity contribution is 0.104. The van der Waals surface area contributed by atoms with Crippen molar-refractivity contribution < 1.29 is 30.0 Å². The number of para-hydroxylation sites is 1. The summed E-state index contributed by atoms with van der Waals surface area (Å²) < 4.78 is 5.16. The van der Waals surface area contributed by atoms with Crippen LogP contribution in [-0.2, 0) is 6.42 Å². The van der Waals surface area contributed by atoms with Crippen LogP contribution in [0.5, 0.6) is 28.7 Å². The predicted octanol–water partition coefficient (Wildman–Crippen LogP) is 4.00. The van der Waals surface area contributed by atoms with E-state index in [1.807, 2.05) is 30.3 Å². The van der Waals surface area contributed by atoms with Gasteiger partial charge in [0.2, 0.25) is 0 Å². The summed E-state index contributed by atoms with van der Waals surface area (Å²) in [5.41, 5.74) is 1.01. The van der Waals surface area contributed by atoms with Crippen molar-refractivity contribution in [2.75, 3.05) is 7.11 Å². The van der Waals surface area contributed by atoms with Gasteiger partial charge in [-0.1, -0.05) is 48.5 Å². The van der Waals surface area contributed by atoms with Crippen molar-refractivity contribution >= 4 is 11.9 Å². The summed E-state index contributed by atoms with van der Waals surface area (Å²) in [6.07, 6.45) is 2.80. The summed E-state index contributed by atoms with van der Waals surface area (Å²) in [5, 5.41) is 40.7. The lowest BCUT2D eigenvalue weighted by Gasteiger charge is -2.15. The van der Waals surface area contributed by atoms with Gasteiger partial charge < -0.3 is 25.2 Å². The highest BCUT2D eigenvalue weighted by molar-refractivity contribution is 6.11. The van der Waals surface area contributed by atoms with Gasteiger partial charge in [-0.15, -0.1) is 0 Å². The first-order chi connectivity index (χ1) is 13.9. The molecule has 0 aromatic heterocycles. The van der Waals surface area contributed by atoms with E-state index in [0.717, 1.165) is 5.56 Å². The van der Waals surface area contributed by atoms with Gasteiger partial charge in [-0.2, -0.15) is 0 Å². The quantitative estimate of drug-likeness (QED) is 0.287. The van der Waals surface area contributed by atoms with Crippen LogP contribution in [0.15, 0.2) is 60.7 Å². The Morgan fingerprint density at radius 1 is 0.931 bits per heavy atom. The molecule has 3 aromatic rings. The fourth-order valence-electron chi connectivity index (χ4n) is 2.98. The first kappa shape index (κ1) is 19.8. The van der Waals surface area contributed by atoms with Crippen molar-refractivity contribution in [1.29, 1.82) is 0 Å². The Hall–Kier alpha value is -3.93. The highest BCUT2D eigenvalue weighted by Crippen LogP contribution is 2.41. The van der Waals surface area contributed by atoms with Crippen LogP contribution in [0.2, 0.25) is 0 Å². The molecule has 3 aromatic carbocycles. The fraction of sp³-hybridized carbons (Fsp3) is 0.0870. The van der Waals surface area contributed by atoms with Gasteiger partial charge in [0.25, 0.3) is 0 Å². The first-order valence-corrected chi connectivity index (χ1v) is 8.81. The van der Waals surface area contributed by atoms with Gasteiger partial charge in [0.15, 0.2) is 17.3 Å². The second kappa shape index (κ2) is 8.39. The average molecular weight is 392 g/mol. The van der Waals surface area contributed by atoms with E-state index in [-0.39, 0.29) is 46.1 Å². The highest BCUT2D eigenvalue weighted by Gasteiger charge is 2.23. The Bertz CT molecular complexity index is 1070. The molecule has 0 aliphatic carbocycles. The Kier molecular flexibility index (Phi) is 5.74. The number of allylic oxidation sites excluding steroid dienone is 1. The second-order valence-electron chi connectivity index (χ2n) is 6.37. The molecule has 0 spiro atoms. The van der Waals surface area contributed by atoms with Crippen molar-refractivity contribution in [3.63, 3.8) is 0 Å². The Morgan fingerprint density at radius 2 is 1.66 bits per heavy atom. The molecule has 0 bridgehead atoms. The van der Waals surface area contributed by atoms with Crippen LogP contribution in [0.1, 0.15) is 27.0 Å². The molecule has 4 N–H and O–H groups in total. The predicted molar refractivity (Wildman–Crippen MR) is 109 cm³/mol. The van der Waals surface area contributed by atoms with Crippen LogP contribution in [0, 0.1) is 0 Å². The molecule has 0 atom stereocenters. The Morgan fingerprint density at radius 3 is 2.34 bits per heavy atom. The number of aromatic hydroxyl groups is 4. The number of rotatable bonds is 6. The zero-order valence-corrected chi connectivity index (χ0v) is 15.7. The summed E-state index contributed by atoms with van der Waals surface area (Å²) >= 11 is 0. The number of carbonyl (C=O) groups excluding carboxylic acids is 1. The van der Waals surface area contributed by atoms with Crippen molar-refractivity contribution in [3.8, 4) is 28.7 Å². The molecule has 6 nitrogen and oxygen atoms in total. The number of phenols is 4. The molecule has 6 heteroatoms. The maximum absolute atomic E-state index is 12.8. The van der Waals surface area contributed by atoms with Gasteiger partial charge in [0.1, 0.15) is 22.8 Å². The first-order valence-electron chi connectivity index (χ1n) is 8.81. The minimum absolute atomic E-state index is 0.0200. The number of methoxy groups -OCH3 is 1. The number of benzene rings is 3. The molecule has 0 fully saturated rings. The minimum Gasteiger partial charge on any atom is -0.507 e. The molecule has 0 unspecified atom stereocenters. The van der Waals surface area contributed by atoms with Gasteiger partial charge in [0, 0.05) is 23.6 Å². The third-order valence-electron chi connectivity index (χ3n) is 4.50. The maximum Gasteiger partial charge on any atom is 0.193 e. The van der Waals surface area contributed by atoms with Crippen LogP contribution in [0.25, 0.3) is 6.08 Å². The van der Waals surface area contributed by atoms with Gasteiger partial charge in [-0.3, -0.25) is 4.79 Å². The molecule has 0 aliphatic heterocycles. The molecule has 0 amide bonds. The van der Waals surface area contributed by atoms with E-state index in [4.69, 9.17) is 4.74 Å². The number of ether oxygens (including phenoxy) is 1. The van der Waals surface area contributed by atoms with Gasteiger partial charge in [-0.05, 0) is 17.7 Å². The Labute approximate surface area is 167 Å². The molecular formula is C23H20O6. The van der Waals surface area contributed by atoms with E-state index in [1.54, 1.807) is 6.08 Å². The third-order valence-corrected chi connectivity index (χ3v) is 4.50. The van der Waals surface area contributed by atoms with E-state index >= 15 is 0 Å². The molecule has 0 aliphatic rings. The number of hydrogen-bond acceptors (Lipinski definition) is 6. The van der Waals surface area contributed by atoms with E-state index in [9.17, 15) is 25.2 Å². The van der Waals surface area contributed by atoms with Crippen LogP contribution in [-0.4, -0.2) is 33.3 Å². The summed E-state index contributed by atoms with van der Waals surface area (Å²) in [7, 11) is 1.33. The lowest BCUT2D eigenvalue weighted by Crippen LogP contribution is -2.03. The summed E-state index contributed by atoms with van der Waals surface area (Å²) in [5.74, 6) is -1.93. The Balaban J connectivity index is 2.03. The van der Waals surface area contributed by atoms with Crippen LogP contribution >= 0.6 is 0 Å². The van der Waals surface area contributed by atoms with E-state index in [1.165, 1.54) is 37.5 Å². The zero-order valence-electron chi connectivity index (χ0n) is 15.7. The van der Waals surface area contributed by atoms with Gasteiger partial charge >= 0.3 is 0 Å². The van der Waals surface area contributed by atoms with E-state index in [0.29, 0.717) is 0 Å². The van der Waals surface area contributed by atoms with Gasteiger partial charge in [0.05, 0.1) is 7.11 Å². The largest absolute Gasteiger partial charge is 0.507 e. The SMILES string of the molecule is COc1cc(O)c(Cc2cccc(O)c2O)c(O)c1C(=O)C=Cc1ccccc1. The third kappa shape index (κ3) is 4.16. The zero-order chi connectivity index (χ0) is 21.0. The average Bonchev–Trinajstić information content (AvgIpc) is 2.72. The van der Waals surface area contributed by atoms with Crippen LogP contribution in [0.3, 0.4) is 0 Å². The molecular weight excluding hydrogens is 372 g/mol. The summed E-state index contributed by atoms with van der Waals surface area (Å²) in [6.45, 7) is 0.